The zero-order valence-corrected chi connectivity index (χ0v) is 10.9. The number of alkyl halides is 1. The maximum Gasteiger partial charge on any atom is 0.117 e. The van der Waals surface area contributed by atoms with E-state index in [-0.39, 0.29) is 6.04 Å². The van der Waals surface area contributed by atoms with Crippen molar-refractivity contribution in [2.24, 2.45) is 5.73 Å². The third-order valence-electron chi connectivity index (χ3n) is 3.00. The number of halogens is 2. The van der Waals surface area contributed by atoms with Gasteiger partial charge in [0.05, 0.1) is 0 Å². The number of hydrogen-bond donors (Lipinski definition) is 1. The van der Waals surface area contributed by atoms with Crippen LogP contribution in [0, 0.1) is 0 Å². The largest absolute Gasteiger partial charge is 0.328 e. The highest BCUT2D eigenvalue weighted by atomic mass is 79.9. The molecule has 0 spiro atoms. The molecule has 2 atom stereocenters. The van der Waals surface area contributed by atoms with E-state index < -0.39 is 5.67 Å². The van der Waals surface area contributed by atoms with Crippen molar-refractivity contribution in [3.63, 3.8) is 0 Å². The van der Waals surface area contributed by atoms with Crippen molar-refractivity contribution in [3.05, 3.63) is 20.8 Å². The fourth-order valence-corrected chi connectivity index (χ4v) is 3.87. The third kappa shape index (κ3) is 2.80. The van der Waals surface area contributed by atoms with Crippen LogP contribution >= 0.6 is 27.3 Å². The summed E-state index contributed by atoms with van der Waals surface area (Å²) in [6.45, 7) is 0. The first-order valence-corrected chi connectivity index (χ1v) is 6.93. The summed E-state index contributed by atoms with van der Waals surface area (Å²) in [5.74, 6) is 0. The van der Waals surface area contributed by atoms with Crippen LogP contribution in [0.1, 0.15) is 30.6 Å². The Hall–Kier alpha value is 0.0700. The Morgan fingerprint density at radius 1 is 1.67 bits per heavy atom. The Kier molecular flexibility index (Phi) is 3.48. The molecule has 2 rings (SSSR count). The summed E-state index contributed by atoms with van der Waals surface area (Å²) in [5.41, 5.74) is 4.75. The molecule has 0 amide bonds. The van der Waals surface area contributed by atoms with Gasteiger partial charge in [-0.25, -0.2) is 4.39 Å². The van der Waals surface area contributed by atoms with Gasteiger partial charge < -0.3 is 5.73 Å². The summed E-state index contributed by atoms with van der Waals surface area (Å²) in [5, 5.41) is 1.99. The standard InChI is InChI=1S/C11H15BrFNS/c12-9-3-5-15-10(9)7-11(13)4-1-2-8(14)6-11/h3,5,8H,1-2,4,6-7,14H2. The van der Waals surface area contributed by atoms with Gasteiger partial charge in [0.2, 0.25) is 0 Å². The van der Waals surface area contributed by atoms with Gasteiger partial charge in [0.15, 0.2) is 0 Å². The van der Waals surface area contributed by atoms with E-state index in [1.54, 1.807) is 11.3 Å². The van der Waals surface area contributed by atoms with E-state index in [1.165, 1.54) is 0 Å². The van der Waals surface area contributed by atoms with E-state index in [0.29, 0.717) is 19.3 Å². The lowest BCUT2D eigenvalue weighted by Gasteiger charge is -2.32. The average molecular weight is 292 g/mol. The number of nitrogens with two attached hydrogens (primary N) is 1. The molecule has 0 bridgehead atoms. The zero-order chi connectivity index (χ0) is 10.9. The van der Waals surface area contributed by atoms with Gasteiger partial charge in [-0.1, -0.05) is 0 Å². The minimum absolute atomic E-state index is 0.0440. The van der Waals surface area contributed by atoms with Crippen LogP contribution in [0.15, 0.2) is 15.9 Å². The summed E-state index contributed by atoms with van der Waals surface area (Å²) in [6, 6.07) is 2.02. The normalized spacial score (nSPS) is 31.8. The predicted octanol–water partition coefficient (Wildman–Crippen LogP) is 3.66. The van der Waals surface area contributed by atoms with Crippen molar-refractivity contribution >= 4 is 27.3 Å². The van der Waals surface area contributed by atoms with Crippen molar-refractivity contribution in [1.82, 2.24) is 0 Å². The van der Waals surface area contributed by atoms with Crippen molar-refractivity contribution in [3.8, 4) is 0 Å². The Morgan fingerprint density at radius 2 is 2.47 bits per heavy atom. The molecule has 0 saturated heterocycles. The third-order valence-corrected chi connectivity index (χ3v) is 4.92. The van der Waals surface area contributed by atoms with Gasteiger partial charge in [0.1, 0.15) is 5.67 Å². The molecule has 0 aliphatic heterocycles. The van der Waals surface area contributed by atoms with E-state index in [0.717, 1.165) is 22.2 Å². The van der Waals surface area contributed by atoms with Crippen LogP contribution in [0.25, 0.3) is 0 Å². The van der Waals surface area contributed by atoms with Crippen LogP contribution in [-0.2, 0) is 6.42 Å². The molecule has 2 unspecified atom stereocenters. The van der Waals surface area contributed by atoms with Gasteiger partial charge in [-0.3, -0.25) is 0 Å². The number of hydrogen-bond acceptors (Lipinski definition) is 2. The summed E-state index contributed by atoms with van der Waals surface area (Å²) in [7, 11) is 0. The van der Waals surface area contributed by atoms with Crippen molar-refractivity contribution in [2.75, 3.05) is 0 Å². The molecule has 1 aliphatic rings. The Morgan fingerprint density at radius 3 is 3.07 bits per heavy atom. The summed E-state index contributed by atoms with van der Waals surface area (Å²) < 4.78 is 15.5. The molecule has 4 heteroatoms. The fourth-order valence-electron chi connectivity index (χ4n) is 2.25. The number of rotatable bonds is 2. The Bertz CT molecular complexity index is 341. The van der Waals surface area contributed by atoms with Crippen LogP contribution in [0.4, 0.5) is 4.39 Å². The second-order valence-corrected chi connectivity index (χ2v) is 6.23. The van der Waals surface area contributed by atoms with Crippen LogP contribution in [0.3, 0.4) is 0 Å². The van der Waals surface area contributed by atoms with Crippen LogP contribution in [-0.4, -0.2) is 11.7 Å². The second-order valence-electron chi connectivity index (χ2n) is 4.38. The maximum absolute atomic E-state index is 14.5. The fraction of sp³-hybridized carbons (Fsp3) is 0.636. The first kappa shape index (κ1) is 11.6. The second kappa shape index (κ2) is 4.52. The van der Waals surface area contributed by atoms with Crippen molar-refractivity contribution in [1.29, 1.82) is 0 Å². The minimum atomic E-state index is -1.08. The molecule has 1 aromatic heterocycles. The molecule has 1 heterocycles. The van der Waals surface area contributed by atoms with E-state index >= 15 is 0 Å². The maximum atomic E-state index is 14.5. The highest BCUT2D eigenvalue weighted by molar-refractivity contribution is 9.10. The van der Waals surface area contributed by atoms with E-state index in [9.17, 15) is 4.39 Å². The molecular weight excluding hydrogens is 277 g/mol. The van der Waals surface area contributed by atoms with Crippen LogP contribution < -0.4 is 5.73 Å². The van der Waals surface area contributed by atoms with Crippen LogP contribution in [0.5, 0.6) is 0 Å². The lowest BCUT2D eigenvalue weighted by molar-refractivity contribution is 0.0972. The summed E-state index contributed by atoms with van der Waals surface area (Å²) in [6.07, 6.45) is 3.57. The molecular formula is C11H15BrFNS. The van der Waals surface area contributed by atoms with Crippen LogP contribution in [0.2, 0.25) is 0 Å². The molecule has 2 N–H and O–H groups in total. The molecule has 0 aromatic carbocycles. The first-order chi connectivity index (χ1) is 7.09. The minimum Gasteiger partial charge on any atom is -0.328 e. The lowest BCUT2D eigenvalue weighted by Crippen LogP contribution is -2.39. The van der Waals surface area contributed by atoms with E-state index in [2.05, 4.69) is 15.9 Å². The average Bonchev–Trinajstić information content (AvgIpc) is 2.50. The quantitative estimate of drug-likeness (QED) is 0.884. The summed E-state index contributed by atoms with van der Waals surface area (Å²) >= 11 is 5.06. The molecule has 15 heavy (non-hydrogen) atoms. The smallest absolute Gasteiger partial charge is 0.117 e. The molecule has 0 radical (unpaired) electrons. The van der Waals surface area contributed by atoms with Crippen molar-refractivity contribution < 1.29 is 4.39 Å². The highest BCUT2D eigenvalue weighted by Crippen LogP contribution is 2.37. The van der Waals surface area contributed by atoms with Gasteiger partial charge in [-0.05, 0) is 53.1 Å². The van der Waals surface area contributed by atoms with Gasteiger partial charge >= 0.3 is 0 Å². The Labute approximate surface area is 102 Å². The van der Waals surface area contributed by atoms with E-state index in [1.807, 2.05) is 11.4 Å². The molecule has 1 saturated carbocycles. The topological polar surface area (TPSA) is 26.0 Å². The van der Waals surface area contributed by atoms with Gasteiger partial charge in [0.25, 0.3) is 0 Å². The monoisotopic (exact) mass is 291 g/mol. The lowest BCUT2D eigenvalue weighted by atomic mass is 9.81. The SMILES string of the molecule is NC1CCCC(F)(Cc2sccc2Br)C1. The zero-order valence-electron chi connectivity index (χ0n) is 8.51. The van der Waals surface area contributed by atoms with Gasteiger partial charge in [-0.15, -0.1) is 11.3 Å². The highest BCUT2D eigenvalue weighted by Gasteiger charge is 2.35. The van der Waals surface area contributed by atoms with Gasteiger partial charge in [-0.2, -0.15) is 0 Å². The Balaban J connectivity index is 2.07. The number of thiophene rings is 1. The molecule has 84 valence electrons. The predicted molar refractivity (Wildman–Crippen MR) is 66.0 cm³/mol. The molecule has 1 nitrogen and oxygen atoms in total. The molecule has 1 aliphatic carbocycles. The van der Waals surface area contributed by atoms with Crippen molar-refractivity contribution in [2.45, 2.75) is 43.8 Å². The molecule has 1 fully saturated rings. The van der Waals surface area contributed by atoms with E-state index in [4.69, 9.17) is 5.73 Å². The molecule has 1 aromatic rings. The summed E-state index contributed by atoms with van der Waals surface area (Å²) in [4.78, 5) is 1.10. The first-order valence-electron chi connectivity index (χ1n) is 5.25. The van der Waals surface area contributed by atoms with Gasteiger partial charge in [0, 0.05) is 21.8 Å².